The Kier molecular flexibility index (Phi) is 11.7. The number of amides is 3. The van der Waals surface area contributed by atoms with Crippen molar-refractivity contribution >= 4 is 36.3 Å². The fourth-order valence-electron chi connectivity index (χ4n) is 2.26. The van der Waals surface area contributed by atoms with E-state index in [1.807, 2.05) is 20.8 Å². The van der Waals surface area contributed by atoms with Gasteiger partial charge in [-0.1, -0.05) is 34.1 Å². The van der Waals surface area contributed by atoms with Gasteiger partial charge in [-0.15, -0.1) is 0 Å². The van der Waals surface area contributed by atoms with Gasteiger partial charge in [0, 0.05) is 5.75 Å². The van der Waals surface area contributed by atoms with E-state index in [-0.39, 0.29) is 30.6 Å². The zero-order valence-electron chi connectivity index (χ0n) is 16.3. The number of nitrogens with two attached hydrogens (primary N) is 1. The summed E-state index contributed by atoms with van der Waals surface area (Å²) < 4.78 is 0. The van der Waals surface area contributed by atoms with Gasteiger partial charge in [-0.05, 0) is 18.3 Å². The fourth-order valence-corrected chi connectivity index (χ4v) is 2.43. The number of carboxylic acid groups (broad SMARTS) is 1. The van der Waals surface area contributed by atoms with Gasteiger partial charge in [0.05, 0.1) is 12.6 Å². The first-order valence-electron chi connectivity index (χ1n) is 9.00. The lowest BCUT2D eigenvalue weighted by molar-refractivity contribution is -0.142. The molecule has 0 aromatic heterocycles. The Morgan fingerprint density at radius 1 is 1.07 bits per heavy atom. The summed E-state index contributed by atoms with van der Waals surface area (Å²) in [5, 5.41) is 16.5. The van der Waals surface area contributed by atoms with Crippen LogP contribution in [0.15, 0.2) is 0 Å². The molecular formula is C17H32N4O5S. The molecule has 0 saturated carbocycles. The molecule has 0 aromatic rings. The predicted octanol–water partition coefficient (Wildman–Crippen LogP) is -0.494. The normalized spacial score (nSPS) is 15.4. The van der Waals surface area contributed by atoms with Crippen molar-refractivity contribution in [3.8, 4) is 0 Å². The second-order valence-electron chi connectivity index (χ2n) is 6.97. The van der Waals surface area contributed by atoms with Crippen LogP contribution in [0.25, 0.3) is 0 Å². The summed E-state index contributed by atoms with van der Waals surface area (Å²) in [7, 11) is 0. The highest BCUT2D eigenvalue weighted by molar-refractivity contribution is 7.80. The number of aliphatic carboxylic acids is 1. The third kappa shape index (κ3) is 9.62. The van der Waals surface area contributed by atoms with E-state index >= 15 is 0 Å². The standard InChI is InChI=1S/C17H32N4O5S/c1-5-10(4)14(21-15(23)11(18)8-27)16(24)19-7-13(22)20-12(17(25)26)6-9(2)3/h9-12,14,27H,5-8,18H2,1-4H3,(H,19,24)(H,20,22)(H,21,23)(H,25,26). The Morgan fingerprint density at radius 2 is 1.67 bits per heavy atom. The number of hydrogen-bond acceptors (Lipinski definition) is 6. The molecule has 0 rings (SSSR count). The smallest absolute Gasteiger partial charge is 0.326 e. The average Bonchev–Trinajstić information content (AvgIpc) is 2.61. The van der Waals surface area contributed by atoms with E-state index in [4.69, 9.17) is 10.8 Å². The molecule has 0 aliphatic carbocycles. The van der Waals surface area contributed by atoms with E-state index in [1.54, 1.807) is 6.92 Å². The van der Waals surface area contributed by atoms with Crippen LogP contribution in [0.5, 0.6) is 0 Å². The first kappa shape index (κ1) is 25.2. The summed E-state index contributed by atoms with van der Waals surface area (Å²) >= 11 is 3.96. The number of carbonyl (C=O) groups is 4. The Hall–Kier alpha value is -1.81. The summed E-state index contributed by atoms with van der Waals surface area (Å²) in [5.41, 5.74) is 5.61. The van der Waals surface area contributed by atoms with Gasteiger partial charge in [0.25, 0.3) is 0 Å². The summed E-state index contributed by atoms with van der Waals surface area (Å²) in [6.45, 7) is 6.96. The highest BCUT2D eigenvalue weighted by Gasteiger charge is 2.28. The maximum Gasteiger partial charge on any atom is 0.326 e. The Bertz CT molecular complexity index is 529. The molecule has 156 valence electrons. The summed E-state index contributed by atoms with van der Waals surface area (Å²) in [6, 6.07) is -2.72. The SMILES string of the molecule is CCC(C)C(NC(=O)C(N)CS)C(=O)NCC(=O)NC(CC(C)C)C(=O)O. The molecule has 27 heavy (non-hydrogen) atoms. The minimum Gasteiger partial charge on any atom is -0.480 e. The fraction of sp³-hybridized carbons (Fsp3) is 0.765. The van der Waals surface area contributed by atoms with Crippen LogP contribution in [0.1, 0.15) is 40.5 Å². The molecule has 0 aromatic carbocycles. The number of hydrogen-bond donors (Lipinski definition) is 6. The van der Waals surface area contributed by atoms with Gasteiger partial charge >= 0.3 is 5.97 Å². The van der Waals surface area contributed by atoms with Crippen LogP contribution in [-0.2, 0) is 19.2 Å². The predicted molar refractivity (Wildman–Crippen MR) is 105 cm³/mol. The van der Waals surface area contributed by atoms with Gasteiger partial charge in [-0.2, -0.15) is 12.6 Å². The lowest BCUT2D eigenvalue weighted by Crippen LogP contribution is -2.56. The molecule has 6 N–H and O–H groups in total. The van der Waals surface area contributed by atoms with E-state index in [0.29, 0.717) is 6.42 Å². The molecule has 0 spiro atoms. The molecule has 0 aliphatic heterocycles. The topological polar surface area (TPSA) is 151 Å². The largest absolute Gasteiger partial charge is 0.480 e. The van der Waals surface area contributed by atoms with Crippen molar-refractivity contribution in [1.82, 2.24) is 16.0 Å². The van der Waals surface area contributed by atoms with Crippen LogP contribution in [0, 0.1) is 11.8 Å². The molecule has 0 saturated heterocycles. The third-order valence-corrected chi connectivity index (χ3v) is 4.48. The molecule has 0 heterocycles. The van der Waals surface area contributed by atoms with Gasteiger partial charge in [-0.3, -0.25) is 14.4 Å². The van der Waals surface area contributed by atoms with Crippen LogP contribution in [0.4, 0.5) is 0 Å². The second-order valence-corrected chi connectivity index (χ2v) is 7.33. The van der Waals surface area contributed by atoms with Gasteiger partial charge in [0.2, 0.25) is 17.7 Å². The summed E-state index contributed by atoms with van der Waals surface area (Å²) in [6.07, 6.45) is 0.901. The highest BCUT2D eigenvalue weighted by atomic mass is 32.1. The van der Waals surface area contributed by atoms with Gasteiger partial charge in [-0.25, -0.2) is 4.79 Å². The monoisotopic (exact) mass is 404 g/mol. The van der Waals surface area contributed by atoms with Gasteiger partial charge in [0.15, 0.2) is 0 Å². The van der Waals surface area contributed by atoms with Crippen molar-refractivity contribution in [1.29, 1.82) is 0 Å². The molecule has 9 nitrogen and oxygen atoms in total. The minimum absolute atomic E-state index is 0.0852. The molecular weight excluding hydrogens is 372 g/mol. The zero-order chi connectivity index (χ0) is 21.1. The van der Waals surface area contributed by atoms with Crippen molar-refractivity contribution in [2.24, 2.45) is 17.6 Å². The van der Waals surface area contributed by atoms with E-state index in [0.717, 1.165) is 0 Å². The molecule has 3 amide bonds. The quantitative estimate of drug-likeness (QED) is 0.242. The Morgan fingerprint density at radius 3 is 2.11 bits per heavy atom. The summed E-state index contributed by atoms with van der Waals surface area (Å²) in [5.74, 6) is -2.74. The average molecular weight is 405 g/mol. The Labute approximate surface area is 165 Å². The van der Waals surface area contributed by atoms with Crippen molar-refractivity contribution in [3.05, 3.63) is 0 Å². The van der Waals surface area contributed by atoms with E-state index < -0.39 is 41.8 Å². The zero-order valence-corrected chi connectivity index (χ0v) is 17.2. The number of carboxylic acids is 1. The van der Waals surface area contributed by atoms with Gasteiger partial charge < -0.3 is 26.8 Å². The lowest BCUT2D eigenvalue weighted by atomic mass is 9.98. The number of rotatable bonds is 12. The highest BCUT2D eigenvalue weighted by Crippen LogP contribution is 2.08. The number of thiol groups is 1. The Balaban J connectivity index is 4.81. The summed E-state index contributed by atoms with van der Waals surface area (Å²) in [4.78, 5) is 47.5. The lowest BCUT2D eigenvalue weighted by Gasteiger charge is -2.25. The van der Waals surface area contributed by atoms with Crippen LogP contribution in [-0.4, -0.2) is 59.2 Å². The van der Waals surface area contributed by atoms with Crippen molar-refractivity contribution in [2.45, 2.75) is 58.7 Å². The van der Waals surface area contributed by atoms with Crippen LogP contribution in [0.3, 0.4) is 0 Å². The first-order valence-corrected chi connectivity index (χ1v) is 9.63. The molecule has 4 atom stereocenters. The van der Waals surface area contributed by atoms with Crippen molar-refractivity contribution in [2.75, 3.05) is 12.3 Å². The van der Waals surface area contributed by atoms with E-state index in [2.05, 4.69) is 28.6 Å². The van der Waals surface area contributed by atoms with Crippen molar-refractivity contribution in [3.63, 3.8) is 0 Å². The molecule has 0 aliphatic rings. The molecule has 4 unspecified atom stereocenters. The van der Waals surface area contributed by atoms with Crippen LogP contribution >= 0.6 is 12.6 Å². The minimum atomic E-state index is -1.13. The number of nitrogens with one attached hydrogen (secondary N) is 3. The van der Waals surface area contributed by atoms with Crippen LogP contribution < -0.4 is 21.7 Å². The molecule has 10 heteroatoms. The van der Waals surface area contributed by atoms with Crippen molar-refractivity contribution < 1.29 is 24.3 Å². The molecule has 0 fully saturated rings. The third-order valence-electron chi connectivity index (χ3n) is 4.09. The molecule has 0 bridgehead atoms. The first-order chi connectivity index (χ1) is 12.5. The van der Waals surface area contributed by atoms with Gasteiger partial charge in [0.1, 0.15) is 12.1 Å². The molecule has 0 radical (unpaired) electrons. The maximum absolute atomic E-state index is 12.4. The maximum atomic E-state index is 12.4. The second kappa shape index (κ2) is 12.6. The van der Waals surface area contributed by atoms with E-state index in [9.17, 15) is 19.2 Å². The van der Waals surface area contributed by atoms with E-state index in [1.165, 1.54) is 0 Å². The number of carbonyl (C=O) groups excluding carboxylic acids is 3. The van der Waals surface area contributed by atoms with Crippen LogP contribution in [0.2, 0.25) is 0 Å².